The van der Waals surface area contributed by atoms with E-state index < -0.39 is 0 Å². The maximum Gasteiger partial charge on any atom is 1.00 e. The molecule has 1 heteroatoms. The van der Waals surface area contributed by atoms with Crippen molar-refractivity contribution in [2.75, 3.05) is 0 Å². The monoisotopic (exact) mass is 181 g/mol. The van der Waals surface area contributed by atoms with Crippen molar-refractivity contribution >= 4 is 0 Å². The number of rotatable bonds is 1. The van der Waals surface area contributed by atoms with Gasteiger partial charge in [-0.3, -0.25) is 0 Å². The minimum atomic E-state index is 0. The number of hydrogen-bond donors (Lipinski definition) is 0. The summed E-state index contributed by atoms with van der Waals surface area (Å²) in [5.41, 5.74) is 0. The van der Waals surface area contributed by atoms with Crippen LogP contribution in [0.4, 0.5) is 0 Å². The van der Waals surface area contributed by atoms with E-state index in [-0.39, 0.29) is 51.4 Å². The summed E-state index contributed by atoms with van der Waals surface area (Å²) in [7, 11) is 0. The van der Waals surface area contributed by atoms with E-state index in [0.717, 1.165) is 19.3 Å². The summed E-state index contributed by atoms with van der Waals surface area (Å²) >= 11 is 0. The van der Waals surface area contributed by atoms with Crippen molar-refractivity contribution in [2.45, 2.75) is 40.0 Å². The molecule has 0 aliphatic heterocycles. The molecule has 0 N–H and O–H groups in total. The van der Waals surface area contributed by atoms with Gasteiger partial charge in [0.1, 0.15) is 0 Å². The Morgan fingerprint density at radius 1 is 1.09 bits per heavy atom. The van der Waals surface area contributed by atoms with E-state index in [1.54, 1.807) is 0 Å². The molecule has 0 aliphatic rings. The van der Waals surface area contributed by atoms with Crippen LogP contribution in [-0.4, -0.2) is 0 Å². The van der Waals surface area contributed by atoms with Crippen molar-refractivity contribution in [1.82, 2.24) is 0 Å². The zero-order chi connectivity index (χ0) is 8.83. The van der Waals surface area contributed by atoms with Gasteiger partial charge in [-0.1, -0.05) is 26.8 Å². The van der Waals surface area contributed by atoms with E-state index in [1.165, 1.54) is 0 Å². The summed E-state index contributed by atoms with van der Waals surface area (Å²) in [6.07, 6.45) is 4.96. The average Bonchev–Trinajstić information content (AvgIpc) is 1.91. The molecule has 0 unspecified atom stereocenters. The first-order chi connectivity index (χ1) is 4.74. The van der Waals surface area contributed by atoms with Gasteiger partial charge in [-0.2, -0.15) is 12.8 Å². The van der Waals surface area contributed by atoms with Crippen LogP contribution in [0.15, 0.2) is 12.7 Å². The van der Waals surface area contributed by atoms with Gasteiger partial charge in [0.25, 0.3) is 0 Å². The molecule has 0 aromatic rings. The van der Waals surface area contributed by atoms with Crippen LogP contribution in [0.5, 0.6) is 0 Å². The van der Waals surface area contributed by atoms with E-state index in [1.807, 2.05) is 19.9 Å². The zero-order valence-corrected chi connectivity index (χ0v) is 11.9. The molecule has 0 aromatic carbocycles. The minimum absolute atomic E-state index is 0. The van der Waals surface area contributed by atoms with E-state index in [9.17, 15) is 0 Å². The molecule has 0 spiro atoms. The maximum absolute atomic E-state index is 3.49. The summed E-state index contributed by atoms with van der Waals surface area (Å²) in [5.74, 6) is 0. The molecule has 0 aromatic heterocycles. The minimum Gasteiger partial charge on any atom is -0.344 e. The van der Waals surface area contributed by atoms with Gasteiger partial charge in [0.15, 0.2) is 0 Å². The Bertz CT molecular complexity index is 31.9. The largest absolute Gasteiger partial charge is 1.00 e. The van der Waals surface area contributed by atoms with Crippen molar-refractivity contribution in [1.29, 1.82) is 0 Å². The predicted octanol–water partition coefficient (Wildman–Crippen LogP) is 1.05. The summed E-state index contributed by atoms with van der Waals surface area (Å²) in [6, 6.07) is 0. The fraction of sp³-hybridized carbons (Fsp3) is 0.600. The molecule has 0 saturated heterocycles. The van der Waals surface area contributed by atoms with Gasteiger partial charge < -0.3 is 13.8 Å². The van der Waals surface area contributed by atoms with Gasteiger partial charge in [0.2, 0.25) is 0 Å². The average molecular weight is 181 g/mol. The normalized spacial score (nSPS) is 5.55. The molecule has 11 heavy (non-hydrogen) atoms. The topological polar surface area (TPSA) is 0 Å². The summed E-state index contributed by atoms with van der Waals surface area (Å²) in [4.78, 5) is 0. The zero-order valence-electron chi connectivity index (χ0n) is 8.82. The second kappa shape index (κ2) is 42.4. The van der Waals surface area contributed by atoms with Crippen LogP contribution < -0.4 is 51.4 Å². The Balaban J connectivity index is -0.0000000325. The van der Waals surface area contributed by atoms with Crippen molar-refractivity contribution in [3.63, 3.8) is 0 Å². The van der Waals surface area contributed by atoms with Crippen molar-refractivity contribution in [3.05, 3.63) is 26.5 Å². The summed E-state index contributed by atoms with van der Waals surface area (Å²) < 4.78 is 0. The van der Waals surface area contributed by atoms with Crippen LogP contribution in [0.25, 0.3) is 0 Å². The second-order valence-electron chi connectivity index (χ2n) is 1.70. The van der Waals surface area contributed by atoms with Crippen LogP contribution in [0.1, 0.15) is 40.0 Å². The Morgan fingerprint density at radius 3 is 1.18 bits per heavy atom. The van der Waals surface area contributed by atoms with Crippen molar-refractivity contribution in [3.8, 4) is 0 Å². The number of hydrogen-bond acceptors (Lipinski definition) is 0. The van der Waals surface area contributed by atoms with E-state index in [2.05, 4.69) is 27.4 Å². The van der Waals surface area contributed by atoms with E-state index in [0.29, 0.717) is 0 Å². The van der Waals surface area contributed by atoms with Gasteiger partial charge in [-0.25, -0.2) is 0 Å². The molecule has 64 valence electrons. The Morgan fingerprint density at radius 2 is 1.18 bits per heavy atom. The number of allylic oxidation sites excluding steroid dienone is 1. The summed E-state index contributed by atoms with van der Waals surface area (Å²) in [6.45, 7) is 16.5. The van der Waals surface area contributed by atoms with Crippen molar-refractivity contribution < 1.29 is 51.4 Å². The SMILES string of the molecule is C=CCC.[CH2-]CC.[CH2-]CC.[K+]. The first-order valence-electron chi connectivity index (χ1n) is 3.94. The molecule has 0 saturated carbocycles. The van der Waals surface area contributed by atoms with Crippen LogP contribution in [0.2, 0.25) is 0 Å². The Labute approximate surface area is 116 Å². The molecule has 0 bridgehead atoms. The van der Waals surface area contributed by atoms with Gasteiger partial charge in [-0.05, 0) is 6.42 Å². The van der Waals surface area contributed by atoms with Crippen molar-refractivity contribution in [2.24, 2.45) is 0 Å². The first kappa shape index (κ1) is 22.8. The molecule has 0 heterocycles. The third-order valence-corrected chi connectivity index (χ3v) is 0.289. The fourth-order valence-electron chi connectivity index (χ4n) is 0. The molecule has 0 nitrogen and oxygen atoms in total. The predicted molar refractivity (Wildman–Crippen MR) is 51.8 cm³/mol. The fourth-order valence-corrected chi connectivity index (χ4v) is 0. The van der Waals surface area contributed by atoms with E-state index >= 15 is 0 Å². The third-order valence-electron chi connectivity index (χ3n) is 0.289. The molecule has 0 rings (SSSR count). The second-order valence-corrected chi connectivity index (χ2v) is 1.70. The Hall–Kier alpha value is 1.38. The summed E-state index contributed by atoms with van der Waals surface area (Å²) in [5, 5.41) is 0. The van der Waals surface area contributed by atoms with Gasteiger partial charge >= 0.3 is 51.4 Å². The molecule has 0 aliphatic carbocycles. The van der Waals surface area contributed by atoms with Crippen LogP contribution >= 0.6 is 0 Å². The van der Waals surface area contributed by atoms with Gasteiger partial charge in [0.05, 0.1) is 0 Å². The van der Waals surface area contributed by atoms with Crippen LogP contribution in [0, 0.1) is 13.8 Å². The van der Waals surface area contributed by atoms with Crippen LogP contribution in [-0.2, 0) is 0 Å². The van der Waals surface area contributed by atoms with Gasteiger partial charge in [0, 0.05) is 0 Å². The molecule has 0 radical (unpaired) electrons. The maximum atomic E-state index is 3.49. The van der Waals surface area contributed by atoms with Gasteiger partial charge in [-0.15, -0.1) is 6.58 Å². The quantitative estimate of drug-likeness (QED) is 0.322. The molecule has 0 fully saturated rings. The molecular formula is C10H22K-. The van der Waals surface area contributed by atoms with Crippen LogP contribution in [0.3, 0.4) is 0 Å². The molecular weight excluding hydrogens is 159 g/mol. The smallest absolute Gasteiger partial charge is 0.344 e. The first-order valence-corrected chi connectivity index (χ1v) is 3.94. The van der Waals surface area contributed by atoms with E-state index in [4.69, 9.17) is 0 Å². The molecule has 0 atom stereocenters. The third kappa shape index (κ3) is 177. The standard InChI is InChI=1S/C4H8.2C3H7.K/c1-3-4-2;2*1-3-2;/h3H,1,4H2,2H3;2*1,3H2,2H3;/q;2*-1;+1. The molecule has 0 amide bonds. The Kier molecular flexibility index (Phi) is 87.9.